The molecule has 4 rings (SSSR count). The smallest absolute Gasteiger partial charge is 0.269 e. The first-order chi connectivity index (χ1) is 14.9. The van der Waals surface area contributed by atoms with Crippen LogP contribution in [0, 0.1) is 5.82 Å². The number of primary amides is 1. The van der Waals surface area contributed by atoms with E-state index in [2.05, 4.69) is 4.98 Å². The van der Waals surface area contributed by atoms with Crippen molar-refractivity contribution in [3.05, 3.63) is 88.3 Å². The number of hydrogen-bond acceptors (Lipinski definition) is 3. The Morgan fingerprint density at radius 2 is 1.81 bits per heavy atom. The van der Waals surface area contributed by atoms with Crippen LogP contribution < -0.4 is 10.5 Å². The van der Waals surface area contributed by atoms with Gasteiger partial charge in [0.2, 0.25) is 0 Å². The molecule has 0 saturated heterocycles. The first-order valence-electron chi connectivity index (χ1n) is 9.18. The second-order valence-corrected chi connectivity index (χ2v) is 7.46. The SMILES string of the molecule is COc1ccc(Cl)cc1-c1c(C(N)=O)nc(-c2ccccc2)n1-c1cccc(Cl)c1F. The van der Waals surface area contributed by atoms with Crippen LogP contribution in [0.1, 0.15) is 10.5 Å². The molecule has 0 aliphatic rings. The van der Waals surface area contributed by atoms with Gasteiger partial charge in [0.15, 0.2) is 11.5 Å². The number of halogens is 3. The highest BCUT2D eigenvalue weighted by Gasteiger charge is 2.28. The Bertz CT molecular complexity index is 1290. The van der Waals surface area contributed by atoms with Crippen molar-refractivity contribution >= 4 is 29.1 Å². The molecule has 0 spiro atoms. The fraction of sp³-hybridized carbons (Fsp3) is 0.0435. The highest BCUT2D eigenvalue weighted by atomic mass is 35.5. The van der Waals surface area contributed by atoms with Gasteiger partial charge in [0.25, 0.3) is 5.91 Å². The lowest BCUT2D eigenvalue weighted by atomic mass is 10.1. The third-order valence-corrected chi connectivity index (χ3v) is 5.26. The number of methoxy groups -OCH3 is 1. The number of carbonyl (C=O) groups excluding carboxylic acids is 1. The molecule has 0 saturated carbocycles. The summed E-state index contributed by atoms with van der Waals surface area (Å²) >= 11 is 12.3. The molecule has 8 heteroatoms. The van der Waals surface area contributed by atoms with Crippen LogP contribution in [0.25, 0.3) is 28.3 Å². The Morgan fingerprint density at radius 1 is 1.06 bits per heavy atom. The van der Waals surface area contributed by atoms with Crippen molar-refractivity contribution in [2.24, 2.45) is 5.73 Å². The summed E-state index contributed by atoms with van der Waals surface area (Å²) < 4.78 is 22.2. The monoisotopic (exact) mass is 455 g/mol. The van der Waals surface area contributed by atoms with Gasteiger partial charge in [-0.1, -0.05) is 59.6 Å². The summed E-state index contributed by atoms with van der Waals surface area (Å²) in [5.41, 5.74) is 7.04. The average molecular weight is 456 g/mol. The molecular formula is C23H16Cl2FN3O2. The van der Waals surface area contributed by atoms with Crippen LogP contribution in [0.5, 0.6) is 5.75 Å². The largest absolute Gasteiger partial charge is 0.496 e. The quantitative estimate of drug-likeness (QED) is 0.415. The Labute approximate surface area is 187 Å². The summed E-state index contributed by atoms with van der Waals surface area (Å²) in [6.07, 6.45) is 0. The molecule has 3 aromatic carbocycles. The van der Waals surface area contributed by atoms with Crippen LogP contribution in [0.15, 0.2) is 66.7 Å². The number of benzene rings is 3. The Morgan fingerprint density at radius 3 is 2.48 bits per heavy atom. The van der Waals surface area contributed by atoms with E-state index in [1.807, 2.05) is 18.2 Å². The van der Waals surface area contributed by atoms with Gasteiger partial charge in [-0.2, -0.15) is 0 Å². The normalized spacial score (nSPS) is 10.8. The summed E-state index contributed by atoms with van der Waals surface area (Å²) in [7, 11) is 1.48. The number of hydrogen-bond donors (Lipinski definition) is 1. The number of nitrogens with zero attached hydrogens (tertiary/aromatic N) is 2. The van der Waals surface area contributed by atoms with E-state index in [1.165, 1.54) is 17.7 Å². The number of nitrogens with two attached hydrogens (primary N) is 1. The van der Waals surface area contributed by atoms with E-state index in [-0.39, 0.29) is 22.1 Å². The number of ether oxygens (including phenoxy) is 1. The van der Waals surface area contributed by atoms with Crippen LogP contribution in [-0.4, -0.2) is 22.6 Å². The highest BCUT2D eigenvalue weighted by molar-refractivity contribution is 6.31. The zero-order valence-electron chi connectivity index (χ0n) is 16.3. The van der Waals surface area contributed by atoms with Gasteiger partial charge in [-0.05, 0) is 30.3 Å². The van der Waals surface area contributed by atoms with Crippen LogP contribution in [0.4, 0.5) is 4.39 Å². The van der Waals surface area contributed by atoms with Gasteiger partial charge in [0.05, 0.1) is 23.5 Å². The maximum atomic E-state index is 15.2. The summed E-state index contributed by atoms with van der Waals surface area (Å²) in [6, 6.07) is 18.6. The molecule has 0 bridgehead atoms. The van der Waals surface area contributed by atoms with E-state index in [0.29, 0.717) is 27.7 Å². The maximum absolute atomic E-state index is 15.2. The van der Waals surface area contributed by atoms with E-state index in [4.69, 9.17) is 33.7 Å². The lowest BCUT2D eigenvalue weighted by Gasteiger charge is -2.16. The van der Waals surface area contributed by atoms with Crippen molar-refractivity contribution in [3.8, 4) is 34.1 Å². The second-order valence-electron chi connectivity index (χ2n) is 6.62. The van der Waals surface area contributed by atoms with Crippen LogP contribution in [0.3, 0.4) is 0 Å². The minimum atomic E-state index is -0.782. The molecule has 5 nitrogen and oxygen atoms in total. The van der Waals surface area contributed by atoms with Crippen LogP contribution >= 0.6 is 23.2 Å². The fourth-order valence-electron chi connectivity index (χ4n) is 3.39. The molecule has 0 unspecified atom stereocenters. The van der Waals surface area contributed by atoms with E-state index in [0.717, 1.165) is 0 Å². The first kappa shape index (κ1) is 20.9. The van der Waals surface area contributed by atoms with E-state index >= 15 is 4.39 Å². The van der Waals surface area contributed by atoms with Crippen molar-refractivity contribution in [2.75, 3.05) is 7.11 Å². The minimum absolute atomic E-state index is 0.0567. The molecule has 0 fully saturated rings. The maximum Gasteiger partial charge on any atom is 0.269 e. The van der Waals surface area contributed by atoms with Gasteiger partial charge in [-0.15, -0.1) is 0 Å². The lowest BCUT2D eigenvalue weighted by molar-refractivity contribution is 0.0996. The molecule has 0 radical (unpaired) electrons. The number of rotatable bonds is 5. The molecule has 31 heavy (non-hydrogen) atoms. The molecule has 4 aromatic rings. The summed E-state index contributed by atoms with van der Waals surface area (Å²) in [6.45, 7) is 0. The van der Waals surface area contributed by atoms with Gasteiger partial charge in [0.1, 0.15) is 11.6 Å². The molecule has 0 aliphatic heterocycles. The number of carbonyl (C=O) groups is 1. The predicted molar refractivity (Wildman–Crippen MR) is 119 cm³/mol. The zero-order chi connectivity index (χ0) is 22.1. The number of aromatic nitrogens is 2. The topological polar surface area (TPSA) is 70.1 Å². The van der Waals surface area contributed by atoms with Gasteiger partial charge in [0, 0.05) is 16.1 Å². The molecule has 0 aliphatic carbocycles. The van der Waals surface area contributed by atoms with Crippen molar-refractivity contribution < 1.29 is 13.9 Å². The molecular weight excluding hydrogens is 440 g/mol. The lowest BCUT2D eigenvalue weighted by Crippen LogP contribution is -2.14. The second kappa shape index (κ2) is 8.41. The van der Waals surface area contributed by atoms with Gasteiger partial charge in [-0.3, -0.25) is 9.36 Å². The van der Waals surface area contributed by atoms with Crippen molar-refractivity contribution in [2.45, 2.75) is 0 Å². The molecule has 1 amide bonds. The van der Waals surface area contributed by atoms with Gasteiger partial charge < -0.3 is 10.5 Å². The van der Waals surface area contributed by atoms with Gasteiger partial charge >= 0.3 is 0 Å². The van der Waals surface area contributed by atoms with Crippen molar-refractivity contribution in [1.82, 2.24) is 9.55 Å². The molecule has 1 aromatic heterocycles. The first-order valence-corrected chi connectivity index (χ1v) is 9.94. The molecule has 156 valence electrons. The van der Waals surface area contributed by atoms with Crippen LogP contribution in [0.2, 0.25) is 10.0 Å². The highest BCUT2D eigenvalue weighted by Crippen LogP contribution is 2.40. The van der Waals surface area contributed by atoms with Crippen LogP contribution in [-0.2, 0) is 0 Å². The van der Waals surface area contributed by atoms with E-state index < -0.39 is 11.7 Å². The van der Waals surface area contributed by atoms with Gasteiger partial charge in [-0.25, -0.2) is 9.37 Å². The molecule has 0 atom stereocenters. The third-order valence-electron chi connectivity index (χ3n) is 4.73. The zero-order valence-corrected chi connectivity index (χ0v) is 17.8. The average Bonchev–Trinajstić information content (AvgIpc) is 3.17. The third kappa shape index (κ3) is 3.76. The Balaban J connectivity index is 2.19. The molecule has 2 N–H and O–H groups in total. The van der Waals surface area contributed by atoms with E-state index in [9.17, 15) is 4.79 Å². The Kier molecular flexibility index (Phi) is 5.67. The summed E-state index contributed by atoms with van der Waals surface area (Å²) in [5, 5.41) is 0.321. The summed E-state index contributed by atoms with van der Waals surface area (Å²) in [5.74, 6) is -0.727. The Hall–Kier alpha value is -3.35. The fourth-order valence-corrected chi connectivity index (χ4v) is 3.73. The minimum Gasteiger partial charge on any atom is -0.496 e. The van der Waals surface area contributed by atoms with Crippen molar-refractivity contribution in [1.29, 1.82) is 0 Å². The predicted octanol–water partition coefficient (Wildman–Crippen LogP) is 5.76. The number of imidazole rings is 1. The molecule has 1 heterocycles. The summed E-state index contributed by atoms with van der Waals surface area (Å²) in [4.78, 5) is 16.9. The standard InChI is InChI=1S/C23H16Cl2FN3O2/c1-31-18-11-10-14(24)12-15(18)21-20(22(27)30)28-23(13-6-3-2-4-7-13)29(21)17-9-5-8-16(25)19(17)26/h2-12H,1H3,(H2,27,30). The van der Waals surface area contributed by atoms with Crippen molar-refractivity contribution in [3.63, 3.8) is 0 Å². The van der Waals surface area contributed by atoms with E-state index in [1.54, 1.807) is 42.5 Å². The number of amides is 1.